The number of nitrogens with one attached hydrogen (secondary N) is 2. The van der Waals surface area contributed by atoms with Crippen LogP contribution in [-0.4, -0.2) is 23.5 Å². The molecule has 3 rings (SSSR count). The van der Waals surface area contributed by atoms with E-state index in [9.17, 15) is 28.0 Å². The molecule has 3 aromatic rings. The molecule has 0 atom stereocenters. The number of nitrogens with zero attached hydrogens (tertiary/aromatic N) is 1. The second-order valence-electron chi connectivity index (χ2n) is 7.55. The van der Waals surface area contributed by atoms with Gasteiger partial charge in [0.25, 0.3) is 0 Å². The van der Waals surface area contributed by atoms with Crippen LogP contribution in [0, 0.1) is 11.3 Å². The number of alkyl halides is 3. The van der Waals surface area contributed by atoms with Gasteiger partial charge >= 0.3 is 18.4 Å². The second-order valence-corrected chi connectivity index (χ2v) is 7.96. The number of carbonyl (C=O) groups is 2. The van der Waals surface area contributed by atoms with Gasteiger partial charge in [0.2, 0.25) is 0 Å². The van der Waals surface area contributed by atoms with Gasteiger partial charge in [0.05, 0.1) is 16.7 Å². The van der Waals surface area contributed by atoms with Crippen LogP contribution in [0.5, 0.6) is 5.75 Å². The third kappa shape index (κ3) is 7.38. The molecule has 0 fully saturated rings. The van der Waals surface area contributed by atoms with Crippen LogP contribution >= 0.6 is 11.6 Å². The SMILES string of the molecule is N#Cc1cc(NC(=O)NCc2ccc(CCC(=O)O)cc2)cc(Cl)c1-c1ccccc1OC(F)(F)F. The molecule has 36 heavy (non-hydrogen) atoms. The van der Waals surface area contributed by atoms with Crippen molar-refractivity contribution in [1.82, 2.24) is 5.32 Å². The van der Waals surface area contributed by atoms with E-state index in [1.54, 1.807) is 24.3 Å². The largest absolute Gasteiger partial charge is 0.573 e. The molecule has 0 aliphatic heterocycles. The molecule has 0 aromatic heterocycles. The van der Waals surface area contributed by atoms with Crippen molar-refractivity contribution in [3.63, 3.8) is 0 Å². The number of urea groups is 1. The van der Waals surface area contributed by atoms with Gasteiger partial charge in [-0.1, -0.05) is 54.1 Å². The summed E-state index contributed by atoms with van der Waals surface area (Å²) in [5.41, 5.74) is 1.74. The summed E-state index contributed by atoms with van der Waals surface area (Å²) in [5, 5.41) is 23.5. The summed E-state index contributed by atoms with van der Waals surface area (Å²) < 4.78 is 42.5. The van der Waals surface area contributed by atoms with E-state index in [1.807, 2.05) is 6.07 Å². The molecule has 11 heteroatoms. The molecule has 0 aliphatic carbocycles. The molecule has 0 aliphatic rings. The lowest BCUT2D eigenvalue weighted by Gasteiger charge is -2.16. The number of nitriles is 1. The molecule has 3 aromatic carbocycles. The van der Waals surface area contributed by atoms with Crippen LogP contribution < -0.4 is 15.4 Å². The van der Waals surface area contributed by atoms with Crippen LogP contribution in [0.25, 0.3) is 11.1 Å². The van der Waals surface area contributed by atoms with Crippen LogP contribution in [0.2, 0.25) is 5.02 Å². The van der Waals surface area contributed by atoms with E-state index in [2.05, 4.69) is 15.4 Å². The lowest BCUT2D eigenvalue weighted by Crippen LogP contribution is -2.28. The van der Waals surface area contributed by atoms with Gasteiger partial charge in [-0.25, -0.2) is 4.79 Å². The molecule has 186 valence electrons. The number of anilines is 1. The lowest BCUT2D eigenvalue weighted by molar-refractivity contribution is -0.274. The first-order chi connectivity index (χ1) is 17.1. The highest BCUT2D eigenvalue weighted by atomic mass is 35.5. The third-order valence-corrected chi connectivity index (χ3v) is 5.25. The summed E-state index contributed by atoms with van der Waals surface area (Å²) in [7, 11) is 0. The number of aliphatic carboxylic acids is 1. The highest BCUT2D eigenvalue weighted by molar-refractivity contribution is 6.34. The molecule has 3 N–H and O–H groups in total. The fourth-order valence-corrected chi connectivity index (χ4v) is 3.68. The van der Waals surface area contributed by atoms with E-state index in [1.165, 1.54) is 30.3 Å². The fourth-order valence-electron chi connectivity index (χ4n) is 3.36. The van der Waals surface area contributed by atoms with Gasteiger partial charge in [0.15, 0.2) is 0 Å². The summed E-state index contributed by atoms with van der Waals surface area (Å²) >= 11 is 6.31. The van der Waals surface area contributed by atoms with Gasteiger partial charge in [0, 0.05) is 29.8 Å². The van der Waals surface area contributed by atoms with Crippen molar-refractivity contribution in [1.29, 1.82) is 5.26 Å². The highest BCUT2D eigenvalue weighted by Crippen LogP contribution is 2.40. The minimum atomic E-state index is -4.94. The predicted molar refractivity (Wildman–Crippen MR) is 127 cm³/mol. The van der Waals surface area contributed by atoms with E-state index >= 15 is 0 Å². The second kappa shape index (κ2) is 11.5. The number of halogens is 4. The van der Waals surface area contributed by atoms with Gasteiger partial charge in [-0.3, -0.25) is 4.79 Å². The third-order valence-electron chi connectivity index (χ3n) is 4.95. The number of carboxylic acid groups (broad SMARTS) is 1. The van der Waals surface area contributed by atoms with Crippen molar-refractivity contribution < 1.29 is 32.6 Å². The van der Waals surface area contributed by atoms with Gasteiger partial charge < -0.3 is 20.5 Å². The van der Waals surface area contributed by atoms with Crippen LogP contribution in [0.1, 0.15) is 23.1 Å². The monoisotopic (exact) mass is 517 g/mol. The number of para-hydroxylation sites is 1. The fraction of sp³-hybridized carbons (Fsp3) is 0.160. The molecule has 0 bridgehead atoms. The van der Waals surface area contributed by atoms with Gasteiger partial charge in [-0.2, -0.15) is 5.26 Å². The number of carbonyl (C=O) groups excluding carboxylic acids is 1. The summed E-state index contributed by atoms with van der Waals surface area (Å²) in [6.45, 7) is 0.171. The Labute approximate surface area is 209 Å². The quantitative estimate of drug-likeness (QED) is 0.333. The summed E-state index contributed by atoms with van der Waals surface area (Å²) in [5.74, 6) is -1.40. The topological polar surface area (TPSA) is 111 Å². The molecule has 0 heterocycles. The Bertz CT molecular complexity index is 1310. The van der Waals surface area contributed by atoms with Gasteiger partial charge in [-0.05, 0) is 35.7 Å². The van der Waals surface area contributed by atoms with Crippen LogP contribution in [0.3, 0.4) is 0 Å². The Balaban J connectivity index is 1.71. The summed E-state index contributed by atoms with van der Waals surface area (Å²) in [6.07, 6.45) is -4.52. The zero-order valence-electron chi connectivity index (χ0n) is 18.5. The molecule has 0 spiro atoms. The van der Waals surface area contributed by atoms with Crippen LogP contribution in [0.15, 0.2) is 60.7 Å². The molecular formula is C25H19ClF3N3O4. The van der Waals surface area contributed by atoms with Gasteiger partial charge in [-0.15, -0.1) is 13.2 Å². The Hall–Kier alpha value is -4.23. The van der Waals surface area contributed by atoms with Crippen molar-refractivity contribution in [2.75, 3.05) is 5.32 Å². The van der Waals surface area contributed by atoms with Crippen molar-refractivity contribution in [2.45, 2.75) is 25.7 Å². The maximum absolute atomic E-state index is 12.8. The van der Waals surface area contributed by atoms with Crippen molar-refractivity contribution in [3.05, 3.63) is 82.4 Å². The average molecular weight is 518 g/mol. The summed E-state index contributed by atoms with van der Waals surface area (Å²) in [6, 6.07) is 16.3. The minimum Gasteiger partial charge on any atom is -0.481 e. The Morgan fingerprint density at radius 2 is 1.72 bits per heavy atom. The minimum absolute atomic E-state index is 0.0208. The van der Waals surface area contributed by atoms with Crippen molar-refractivity contribution in [2.24, 2.45) is 0 Å². The van der Waals surface area contributed by atoms with E-state index in [0.717, 1.165) is 17.2 Å². The number of hydrogen-bond acceptors (Lipinski definition) is 4. The molecular weight excluding hydrogens is 499 g/mol. The van der Waals surface area contributed by atoms with Crippen LogP contribution in [0.4, 0.5) is 23.7 Å². The molecule has 7 nitrogen and oxygen atoms in total. The number of amides is 2. The Kier molecular flexibility index (Phi) is 8.40. The molecule has 0 radical (unpaired) electrons. The Morgan fingerprint density at radius 1 is 1.06 bits per heavy atom. The van der Waals surface area contributed by atoms with Crippen molar-refractivity contribution in [3.8, 4) is 22.9 Å². The number of rotatable bonds is 8. The number of carboxylic acids is 1. The maximum Gasteiger partial charge on any atom is 0.573 e. The smallest absolute Gasteiger partial charge is 0.481 e. The molecule has 0 saturated heterocycles. The lowest BCUT2D eigenvalue weighted by atomic mass is 9.98. The number of hydrogen-bond donors (Lipinski definition) is 3. The standard InChI is InChI=1S/C25H19ClF3N3O4/c26-20-12-18(32-24(35)31-14-16-7-5-15(6-8-16)9-10-22(33)34)11-17(13-30)23(20)19-3-1-2-4-21(19)36-25(27,28)29/h1-8,11-12H,9-10,14H2,(H,33,34)(H2,31,32,35). The first-order valence-electron chi connectivity index (χ1n) is 10.5. The summed E-state index contributed by atoms with van der Waals surface area (Å²) in [4.78, 5) is 23.0. The maximum atomic E-state index is 12.8. The van der Waals surface area contributed by atoms with E-state index in [0.29, 0.717) is 6.42 Å². The highest BCUT2D eigenvalue weighted by Gasteiger charge is 2.32. The number of ether oxygens (including phenoxy) is 1. The average Bonchev–Trinajstić information content (AvgIpc) is 2.81. The van der Waals surface area contributed by atoms with Gasteiger partial charge in [0.1, 0.15) is 5.75 Å². The normalized spacial score (nSPS) is 10.9. The molecule has 0 unspecified atom stereocenters. The molecule has 2 amide bonds. The van der Waals surface area contributed by atoms with E-state index in [-0.39, 0.29) is 40.4 Å². The van der Waals surface area contributed by atoms with Crippen molar-refractivity contribution >= 4 is 29.3 Å². The first-order valence-corrected chi connectivity index (χ1v) is 10.9. The van der Waals surface area contributed by atoms with E-state index in [4.69, 9.17) is 16.7 Å². The number of benzene rings is 3. The number of aryl methyl sites for hydroxylation is 1. The first kappa shape index (κ1) is 26.4. The van der Waals surface area contributed by atoms with E-state index < -0.39 is 24.1 Å². The zero-order valence-corrected chi connectivity index (χ0v) is 19.3. The zero-order chi connectivity index (χ0) is 26.3. The predicted octanol–water partition coefficient (Wildman–Crippen LogP) is 6.12. The van der Waals surface area contributed by atoms with Crippen LogP contribution in [-0.2, 0) is 17.8 Å². The molecule has 0 saturated carbocycles. The Morgan fingerprint density at radius 3 is 2.36 bits per heavy atom.